The molecule has 1 N–H and O–H groups in total. The summed E-state index contributed by atoms with van der Waals surface area (Å²) < 4.78 is 11.2. The maximum absolute atomic E-state index is 13.1. The van der Waals surface area contributed by atoms with E-state index in [1.165, 1.54) is 0 Å². The van der Waals surface area contributed by atoms with E-state index in [1.807, 2.05) is 60.7 Å². The highest BCUT2D eigenvalue weighted by atomic mass is 16.5. The monoisotopic (exact) mass is 440 g/mol. The molecule has 0 saturated carbocycles. The van der Waals surface area contributed by atoms with E-state index >= 15 is 0 Å². The zero-order valence-electron chi connectivity index (χ0n) is 18.1. The normalized spacial score (nSPS) is 13.8. The number of hydrogen-bond donors (Lipinski definition) is 1. The van der Waals surface area contributed by atoms with Crippen molar-refractivity contribution >= 4 is 28.5 Å². The van der Waals surface area contributed by atoms with Crippen LogP contribution in [0.25, 0.3) is 22.1 Å². The first kappa shape index (κ1) is 21.0. The third-order valence-electron chi connectivity index (χ3n) is 5.78. The SMILES string of the molecule is O=C(Cc1ccc(-c2ccccc2)cc1)Nc1c(C(=O)N2CCOCC2)oc2ccccc12. The minimum absolute atomic E-state index is 0.158. The van der Waals surface area contributed by atoms with Crippen LogP contribution in [0.3, 0.4) is 0 Å². The second kappa shape index (κ2) is 9.30. The largest absolute Gasteiger partial charge is 0.449 e. The van der Waals surface area contributed by atoms with E-state index in [0.717, 1.165) is 16.7 Å². The molecule has 33 heavy (non-hydrogen) atoms. The number of furan rings is 1. The maximum Gasteiger partial charge on any atom is 0.291 e. The van der Waals surface area contributed by atoms with Gasteiger partial charge in [-0.3, -0.25) is 9.59 Å². The molecule has 0 aliphatic carbocycles. The Morgan fingerprint density at radius 3 is 2.24 bits per heavy atom. The molecule has 1 saturated heterocycles. The van der Waals surface area contributed by atoms with Gasteiger partial charge in [0.1, 0.15) is 11.3 Å². The Morgan fingerprint density at radius 1 is 0.818 bits per heavy atom. The van der Waals surface area contributed by atoms with Crippen molar-refractivity contribution in [1.82, 2.24) is 4.90 Å². The number of nitrogens with zero attached hydrogens (tertiary/aromatic N) is 1. The minimum Gasteiger partial charge on any atom is -0.449 e. The number of para-hydroxylation sites is 1. The molecule has 1 aliphatic heterocycles. The molecule has 6 nitrogen and oxygen atoms in total. The molecule has 4 aromatic rings. The lowest BCUT2D eigenvalue weighted by atomic mass is 10.0. The second-order valence-electron chi connectivity index (χ2n) is 7.99. The van der Waals surface area contributed by atoms with Gasteiger partial charge in [0.25, 0.3) is 5.91 Å². The van der Waals surface area contributed by atoms with Crippen LogP contribution in [0.4, 0.5) is 5.69 Å². The number of benzene rings is 3. The zero-order chi connectivity index (χ0) is 22.6. The van der Waals surface area contributed by atoms with Gasteiger partial charge in [-0.25, -0.2) is 0 Å². The fourth-order valence-corrected chi connectivity index (χ4v) is 4.04. The van der Waals surface area contributed by atoms with Crippen LogP contribution in [0.2, 0.25) is 0 Å². The summed E-state index contributed by atoms with van der Waals surface area (Å²) >= 11 is 0. The standard InChI is InChI=1S/C27H24N2O4/c30-24(18-19-10-12-21(13-11-19)20-6-2-1-3-7-20)28-25-22-8-4-5-9-23(22)33-26(25)27(31)29-14-16-32-17-15-29/h1-13H,14-18H2,(H,28,30). The van der Waals surface area contributed by atoms with Crippen molar-refractivity contribution in [1.29, 1.82) is 0 Å². The van der Waals surface area contributed by atoms with E-state index in [1.54, 1.807) is 11.0 Å². The predicted molar refractivity (Wildman–Crippen MR) is 127 cm³/mol. The summed E-state index contributed by atoms with van der Waals surface area (Å²) in [6, 6.07) is 25.4. The van der Waals surface area contributed by atoms with Crippen LogP contribution in [-0.2, 0) is 16.0 Å². The Hall–Kier alpha value is -3.90. The first-order valence-corrected chi connectivity index (χ1v) is 11.0. The van der Waals surface area contributed by atoms with Gasteiger partial charge in [-0.2, -0.15) is 0 Å². The molecule has 1 aliphatic rings. The summed E-state index contributed by atoms with van der Waals surface area (Å²) in [5.41, 5.74) is 4.11. The molecule has 0 unspecified atom stereocenters. The Labute approximate surface area is 191 Å². The molecular formula is C27H24N2O4. The Morgan fingerprint density at radius 2 is 1.48 bits per heavy atom. The summed E-state index contributed by atoms with van der Waals surface area (Å²) in [4.78, 5) is 27.8. The van der Waals surface area contributed by atoms with Crippen LogP contribution < -0.4 is 5.32 Å². The minimum atomic E-state index is -0.239. The average Bonchev–Trinajstić information content (AvgIpc) is 3.23. The highest BCUT2D eigenvalue weighted by molar-refractivity contribution is 6.11. The fraction of sp³-hybridized carbons (Fsp3) is 0.185. The molecule has 0 spiro atoms. The number of rotatable bonds is 5. The van der Waals surface area contributed by atoms with Gasteiger partial charge in [0.15, 0.2) is 0 Å². The third kappa shape index (κ3) is 4.52. The molecule has 0 bridgehead atoms. The Balaban J connectivity index is 1.36. The quantitative estimate of drug-likeness (QED) is 0.486. The van der Waals surface area contributed by atoms with Crippen LogP contribution in [0.5, 0.6) is 0 Å². The van der Waals surface area contributed by atoms with Gasteiger partial charge in [0, 0.05) is 18.5 Å². The molecule has 1 fully saturated rings. The molecule has 166 valence electrons. The molecule has 0 radical (unpaired) electrons. The molecule has 6 heteroatoms. The highest BCUT2D eigenvalue weighted by Crippen LogP contribution is 2.32. The van der Waals surface area contributed by atoms with Crippen molar-refractivity contribution in [3.05, 3.63) is 90.2 Å². The van der Waals surface area contributed by atoms with Crippen molar-refractivity contribution < 1.29 is 18.7 Å². The van der Waals surface area contributed by atoms with Crippen LogP contribution in [0.15, 0.2) is 83.3 Å². The van der Waals surface area contributed by atoms with Crippen molar-refractivity contribution in [3.8, 4) is 11.1 Å². The summed E-state index contributed by atoms with van der Waals surface area (Å²) in [5.74, 6) is -0.284. The van der Waals surface area contributed by atoms with Crippen LogP contribution in [-0.4, -0.2) is 43.0 Å². The van der Waals surface area contributed by atoms with Gasteiger partial charge in [0.2, 0.25) is 11.7 Å². The van der Waals surface area contributed by atoms with Crippen molar-refractivity contribution in [2.75, 3.05) is 31.6 Å². The second-order valence-corrected chi connectivity index (χ2v) is 7.99. The first-order chi connectivity index (χ1) is 16.2. The van der Waals surface area contributed by atoms with Crippen molar-refractivity contribution in [2.24, 2.45) is 0 Å². The van der Waals surface area contributed by atoms with Gasteiger partial charge in [0.05, 0.1) is 19.6 Å². The topological polar surface area (TPSA) is 71.8 Å². The average molecular weight is 440 g/mol. The van der Waals surface area contributed by atoms with E-state index in [2.05, 4.69) is 17.4 Å². The van der Waals surface area contributed by atoms with E-state index in [-0.39, 0.29) is 24.0 Å². The summed E-state index contributed by atoms with van der Waals surface area (Å²) in [7, 11) is 0. The lowest BCUT2D eigenvalue weighted by molar-refractivity contribution is -0.115. The Kier molecular flexibility index (Phi) is 5.91. The molecule has 2 heterocycles. The van der Waals surface area contributed by atoms with Crippen molar-refractivity contribution in [2.45, 2.75) is 6.42 Å². The summed E-state index contributed by atoms with van der Waals surface area (Å²) in [6.07, 6.45) is 0.194. The van der Waals surface area contributed by atoms with E-state index in [4.69, 9.17) is 9.15 Å². The van der Waals surface area contributed by atoms with Gasteiger partial charge in [-0.05, 0) is 28.8 Å². The smallest absolute Gasteiger partial charge is 0.291 e. The van der Waals surface area contributed by atoms with Gasteiger partial charge in [-0.15, -0.1) is 0 Å². The molecule has 5 rings (SSSR count). The molecular weight excluding hydrogens is 416 g/mol. The van der Waals surface area contributed by atoms with Crippen LogP contribution >= 0.6 is 0 Å². The maximum atomic E-state index is 13.1. The summed E-state index contributed by atoms with van der Waals surface area (Å²) in [5, 5.41) is 3.65. The predicted octanol–water partition coefficient (Wildman–Crippen LogP) is 4.75. The zero-order valence-corrected chi connectivity index (χ0v) is 18.1. The molecule has 1 aromatic heterocycles. The number of carbonyl (C=O) groups is 2. The van der Waals surface area contributed by atoms with E-state index < -0.39 is 0 Å². The number of nitrogens with one attached hydrogen (secondary N) is 1. The van der Waals surface area contributed by atoms with Gasteiger partial charge in [-0.1, -0.05) is 66.7 Å². The number of carbonyl (C=O) groups excluding carboxylic acids is 2. The lowest BCUT2D eigenvalue weighted by Crippen LogP contribution is -2.40. The fourth-order valence-electron chi connectivity index (χ4n) is 4.04. The number of fused-ring (bicyclic) bond motifs is 1. The lowest BCUT2D eigenvalue weighted by Gasteiger charge is -2.26. The number of anilines is 1. The third-order valence-corrected chi connectivity index (χ3v) is 5.78. The molecule has 0 atom stereocenters. The number of hydrogen-bond acceptors (Lipinski definition) is 4. The van der Waals surface area contributed by atoms with Gasteiger partial charge >= 0.3 is 0 Å². The number of ether oxygens (including phenoxy) is 1. The van der Waals surface area contributed by atoms with Crippen LogP contribution in [0.1, 0.15) is 16.1 Å². The molecule has 2 amide bonds. The summed E-state index contributed by atoms with van der Waals surface area (Å²) in [6.45, 7) is 1.98. The highest BCUT2D eigenvalue weighted by Gasteiger charge is 2.27. The Bertz CT molecular complexity index is 1270. The van der Waals surface area contributed by atoms with Crippen molar-refractivity contribution in [3.63, 3.8) is 0 Å². The van der Waals surface area contributed by atoms with E-state index in [0.29, 0.717) is 43.0 Å². The van der Waals surface area contributed by atoms with Gasteiger partial charge < -0.3 is 19.4 Å². The molecule has 3 aromatic carbocycles. The van der Waals surface area contributed by atoms with E-state index in [9.17, 15) is 9.59 Å². The first-order valence-electron chi connectivity index (χ1n) is 11.0. The number of morpholine rings is 1. The van der Waals surface area contributed by atoms with Crippen LogP contribution in [0, 0.1) is 0 Å². The number of amides is 2.